The second-order valence-corrected chi connectivity index (χ2v) is 8.85. The number of rotatable bonds is 6. The number of aromatic amines is 1. The number of nitrogens with zero attached hydrogens (tertiary/aromatic N) is 3. The number of aryl methyl sites for hydroxylation is 1. The Balaban J connectivity index is 1.48. The molecule has 0 unspecified atom stereocenters. The molecule has 9 heteroatoms. The quantitative estimate of drug-likeness (QED) is 0.455. The molecule has 0 fully saturated rings. The van der Waals surface area contributed by atoms with E-state index in [-0.39, 0.29) is 17.9 Å². The Bertz CT molecular complexity index is 1340. The van der Waals surface area contributed by atoms with Crippen LogP contribution in [0.2, 0.25) is 0 Å². The van der Waals surface area contributed by atoms with Crippen molar-refractivity contribution in [1.82, 2.24) is 19.7 Å². The fourth-order valence-electron chi connectivity index (χ4n) is 3.98. The van der Waals surface area contributed by atoms with E-state index >= 15 is 0 Å². The van der Waals surface area contributed by atoms with Gasteiger partial charge in [-0.2, -0.15) is 9.78 Å². The van der Waals surface area contributed by atoms with E-state index in [1.54, 1.807) is 24.5 Å². The van der Waals surface area contributed by atoms with E-state index < -0.39 is 0 Å². The Morgan fingerprint density at radius 1 is 1.21 bits per heavy atom. The highest BCUT2D eigenvalue weighted by Crippen LogP contribution is 2.28. The van der Waals surface area contributed by atoms with E-state index in [4.69, 9.17) is 9.72 Å². The van der Waals surface area contributed by atoms with Crippen LogP contribution in [0.25, 0.3) is 16.5 Å². The number of carbonyl (C=O) groups is 1. The number of carbonyl (C=O) groups excluding carboxylic acids is 1. The first-order valence-electron chi connectivity index (χ1n) is 10.8. The first-order chi connectivity index (χ1) is 16.1. The van der Waals surface area contributed by atoms with Crippen molar-refractivity contribution in [2.75, 3.05) is 12.4 Å². The van der Waals surface area contributed by atoms with Crippen LogP contribution in [0, 0.1) is 0 Å². The highest BCUT2D eigenvalue weighted by molar-refractivity contribution is 7.13. The van der Waals surface area contributed by atoms with Gasteiger partial charge in [0.15, 0.2) is 0 Å². The number of nitrogens with one attached hydrogen (secondary N) is 2. The van der Waals surface area contributed by atoms with Gasteiger partial charge in [-0.25, -0.2) is 4.98 Å². The van der Waals surface area contributed by atoms with Crippen molar-refractivity contribution in [3.05, 3.63) is 75.0 Å². The van der Waals surface area contributed by atoms with Gasteiger partial charge in [0.05, 0.1) is 24.1 Å². The number of ether oxygens (including phenoxy) is 1. The summed E-state index contributed by atoms with van der Waals surface area (Å²) in [7, 11) is 1.60. The zero-order valence-corrected chi connectivity index (χ0v) is 18.9. The Labute approximate surface area is 194 Å². The topological polar surface area (TPSA) is 102 Å². The van der Waals surface area contributed by atoms with Crippen LogP contribution < -0.4 is 15.6 Å². The van der Waals surface area contributed by atoms with E-state index in [1.165, 1.54) is 4.68 Å². The van der Waals surface area contributed by atoms with E-state index in [2.05, 4.69) is 15.4 Å². The largest absolute Gasteiger partial charge is 0.497 e. The van der Waals surface area contributed by atoms with Gasteiger partial charge >= 0.3 is 0 Å². The van der Waals surface area contributed by atoms with Crippen molar-refractivity contribution in [3.8, 4) is 22.3 Å². The zero-order valence-electron chi connectivity index (χ0n) is 18.1. The minimum absolute atomic E-state index is 0.140. The Morgan fingerprint density at radius 3 is 2.79 bits per heavy atom. The van der Waals surface area contributed by atoms with Crippen LogP contribution in [-0.4, -0.2) is 32.8 Å². The lowest BCUT2D eigenvalue weighted by Gasteiger charge is -2.15. The van der Waals surface area contributed by atoms with Crippen LogP contribution in [0.5, 0.6) is 5.75 Å². The molecule has 3 aromatic heterocycles. The fourth-order valence-corrected chi connectivity index (χ4v) is 4.66. The second kappa shape index (κ2) is 9.03. The predicted octanol–water partition coefficient (Wildman–Crippen LogP) is 3.75. The SMILES string of the molecule is COc1ccc(CC(=O)Nc2cc(-c3cccs3)nn2-c2nc3c(c(=O)[nH]2)CCCC3)cc1. The summed E-state index contributed by atoms with van der Waals surface area (Å²) in [5, 5.41) is 9.57. The molecule has 3 heterocycles. The van der Waals surface area contributed by atoms with E-state index in [0.717, 1.165) is 53.1 Å². The number of benzene rings is 1. The van der Waals surface area contributed by atoms with Crippen LogP contribution in [0.1, 0.15) is 29.7 Å². The van der Waals surface area contributed by atoms with Crippen LogP contribution in [-0.2, 0) is 24.1 Å². The number of aromatic nitrogens is 4. The molecule has 1 amide bonds. The molecule has 8 nitrogen and oxygen atoms in total. The van der Waals surface area contributed by atoms with Crippen molar-refractivity contribution in [2.45, 2.75) is 32.1 Å². The maximum absolute atomic E-state index is 12.8. The van der Waals surface area contributed by atoms with Crippen molar-refractivity contribution < 1.29 is 9.53 Å². The summed E-state index contributed by atoms with van der Waals surface area (Å²) in [6, 6.07) is 13.1. The van der Waals surface area contributed by atoms with E-state index in [1.807, 2.05) is 41.8 Å². The number of H-pyrrole nitrogens is 1. The summed E-state index contributed by atoms with van der Waals surface area (Å²) < 4.78 is 6.69. The molecule has 0 spiro atoms. The van der Waals surface area contributed by atoms with Crippen molar-refractivity contribution in [1.29, 1.82) is 0 Å². The highest BCUT2D eigenvalue weighted by atomic mass is 32.1. The van der Waals surface area contributed by atoms with Gasteiger partial charge in [0.2, 0.25) is 11.9 Å². The van der Waals surface area contributed by atoms with Crippen LogP contribution in [0.3, 0.4) is 0 Å². The number of hydrogen-bond acceptors (Lipinski definition) is 6. The molecule has 2 N–H and O–H groups in total. The first kappa shape index (κ1) is 21.1. The maximum Gasteiger partial charge on any atom is 0.255 e. The number of methoxy groups -OCH3 is 1. The molecule has 168 valence electrons. The lowest BCUT2D eigenvalue weighted by Crippen LogP contribution is -2.25. The molecular weight excluding hydrogens is 438 g/mol. The van der Waals surface area contributed by atoms with E-state index in [9.17, 15) is 9.59 Å². The van der Waals surface area contributed by atoms with Crippen molar-refractivity contribution >= 4 is 23.1 Å². The van der Waals surface area contributed by atoms with Gasteiger partial charge in [-0.05, 0) is 54.8 Å². The number of thiophene rings is 1. The monoisotopic (exact) mass is 461 g/mol. The van der Waals surface area contributed by atoms with Gasteiger partial charge in [0.25, 0.3) is 5.56 Å². The minimum atomic E-state index is -0.195. The Hall–Kier alpha value is -3.72. The molecule has 5 rings (SSSR count). The molecule has 4 aromatic rings. The lowest BCUT2D eigenvalue weighted by atomic mass is 9.97. The van der Waals surface area contributed by atoms with Crippen LogP contribution in [0.4, 0.5) is 5.82 Å². The zero-order chi connectivity index (χ0) is 22.8. The van der Waals surface area contributed by atoms with Gasteiger partial charge in [-0.15, -0.1) is 11.3 Å². The third-order valence-electron chi connectivity index (χ3n) is 5.65. The molecular formula is C24H23N5O3S. The van der Waals surface area contributed by atoms with Gasteiger partial charge in [0.1, 0.15) is 17.3 Å². The van der Waals surface area contributed by atoms with Gasteiger partial charge < -0.3 is 10.1 Å². The average molecular weight is 462 g/mol. The third-order valence-corrected chi connectivity index (χ3v) is 6.55. The Morgan fingerprint density at radius 2 is 2.03 bits per heavy atom. The fraction of sp³-hybridized carbons (Fsp3) is 0.250. The molecule has 0 aliphatic heterocycles. The number of amides is 1. The summed E-state index contributed by atoms with van der Waals surface area (Å²) >= 11 is 1.55. The Kier molecular flexibility index (Phi) is 5.78. The average Bonchev–Trinajstić information content (AvgIpc) is 3.50. The molecule has 1 aliphatic carbocycles. The molecule has 0 atom stereocenters. The predicted molar refractivity (Wildman–Crippen MR) is 127 cm³/mol. The molecule has 1 aliphatic rings. The molecule has 0 saturated heterocycles. The summed E-state index contributed by atoms with van der Waals surface area (Å²) in [5.74, 6) is 1.30. The molecule has 0 saturated carbocycles. The van der Waals surface area contributed by atoms with E-state index in [0.29, 0.717) is 17.5 Å². The number of fused-ring (bicyclic) bond motifs is 1. The lowest BCUT2D eigenvalue weighted by molar-refractivity contribution is -0.115. The highest BCUT2D eigenvalue weighted by Gasteiger charge is 2.20. The normalized spacial score (nSPS) is 12.9. The standard InChI is InChI=1S/C24H23N5O3S/c1-32-16-10-8-15(9-11-16)13-22(30)26-21-14-19(20-7-4-12-33-20)28-29(21)24-25-18-6-3-2-5-17(18)23(31)27-24/h4,7-12,14H,2-3,5-6,13H2,1H3,(H,26,30)(H,25,27,31). The molecule has 0 bridgehead atoms. The number of hydrogen-bond donors (Lipinski definition) is 2. The first-order valence-corrected chi connectivity index (χ1v) is 11.7. The second-order valence-electron chi connectivity index (χ2n) is 7.90. The van der Waals surface area contributed by atoms with Gasteiger partial charge in [-0.1, -0.05) is 18.2 Å². The van der Waals surface area contributed by atoms with Gasteiger partial charge in [0, 0.05) is 11.6 Å². The van der Waals surface area contributed by atoms with Crippen molar-refractivity contribution in [3.63, 3.8) is 0 Å². The molecule has 1 aromatic carbocycles. The van der Waals surface area contributed by atoms with Gasteiger partial charge in [-0.3, -0.25) is 14.6 Å². The summed E-state index contributed by atoms with van der Waals surface area (Å²) in [5.41, 5.74) is 2.98. The maximum atomic E-state index is 12.8. The molecule has 33 heavy (non-hydrogen) atoms. The van der Waals surface area contributed by atoms with Crippen LogP contribution >= 0.6 is 11.3 Å². The molecule has 0 radical (unpaired) electrons. The smallest absolute Gasteiger partial charge is 0.255 e. The summed E-state index contributed by atoms with van der Waals surface area (Å²) in [6.45, 7) is 0. The van der Waals surface area contributed by atoms with Crippen LogP contribution in [0.15, 0.2) is 52.6 Å². The summed E-state index contributed by atoms with van der Waals surface area (Å²) in [6.07, 6.45) is 3.70. The number of anilines is 1. The van der Waals surface area contributed by atoms with Crippen molar-refractivity contribution in [2.24, 2.45) is 0 Å². The minimum Gasteiger partial charge on any atom is -0.497 e. The third kappa shape index (κ3) is 4.45. The summed E-state index contributed by atoms with van der Waals surface area (Å²) in [4.78, 5) is 34.0.